The van der Waals surface area contributed by atoms with Gasteiger partial charge >= 0.3 is 0 Å². The fraction of sp³-hybridized carbons (Fsp3) is 0.350. The second-order valence-electron chi connectivity index (χ2n) is 6.14. The first kappa shape index (κ1) is 19.6. The van der Waals surface area contributed by atoms with Crippen LogP contribution in [0.1, 0.15) is 23.2 Å². The van der Waals surface area contributed by atoms with Crippen molar-refractivity contribution in [2.45, 2.75) is 18.1 Å². The number of ether oxygens (including phenoxy) is 1. The van der Waals surface area contributed by atoms with E-state index in [-0.39, 0.29) is 5.91 Å². The van der Waals surface area contributed by atoms with E-state index in [1.54, 1.807) is 6.07 Å². The van der Waals surface area contributed by atoms with Crippen molar-refractivity contribution in [1.29, 1.82) is 0 Å². The molecule has 1 saturated heterocycles. The van der Waals surface area contributed by atoms with Crippen molar-refractivity contribution < 1.29 is 9.53 Å². The summed E-state index contributed by atoms with van der Waals surface area (Å²) in [6, 6.07) is 13.0. The van der Waals surface area contributed by atoms with E-state index in [4.69, 9.17) is 27.9 Å². The molecule has 2 aromatic carbocycles. The second-order valence-corrected chi connectivity index (χ2v) is 8.37. The predicted molar refractivity (Wildman–Crippen MR) is 111 cm³/mol. The first-order valence-corrected chi connectivity index (χ1v) is 10.5. The minimum absolute atomic E-state index is 0.0433. The number of hydrogen-bond donors (Lipinski definition) is 1. The fourth-order valence-electron chi connectivity index (χ4n) is 2.82. The van der Waals surface area contributed by atoms with Gasteiger partial charge in [-0.1, -0.05) is 41.4 Å². The number of carbonyl (C=O) groups excluding carboxylic acids is 1. The van der Waals surface area contributed by atoms with Crippen LogP contribution in [-0.2, 0) is 4.74 Å². The lowest BCUT2D eigenvalue weighted by Gasteiger charge is -2.21. The monoisotopic (exact) mass is 409 g/mol. The summed E-state index contributed by atoms with van der Waals surface area (Å²) >= 11 is 13.9. The van der Waals surface area contributed by atoms with Crippen molar-refractivity contribution in [3.8, 4) is 11.1 Å². The van der Waals surface area contributed by atoms with Gasteiger partial charge in [-0.25, -0.2) is 0 Å². The van der Waals surface area contributed by atoms with Crippen molar-refractivity contribution >= 4 is 40.9 Å². The summed E-state index contributed by atoms with van der Waals surface area (Å²) in [7, 11) is 0. The normalized spacial score (nSPS) is 15.0. The van der Waals surface area contributed by atoms with Crippen molar-refractivity contribution in [3.05, 3.63) is 58.1 Å². The Morgan fingerprint density at radius 1 is 1.04 bits per heavy atom. The van der Waals surface area contributed by atoms with Gasteiger partial charge in [0.1, 0.15) is 0 Å². The Labute approximate surface area is 168 Å². The van der Waals surface area contributed by atoms with Crippen LogP contribution in [0.3, 0.4) is 0 Å². The van der Waals surface area contributed by atoms with Crippen LogP contribution in [0.5, 0.6) is 0 Å². The minimum atomic E-state index is -0.0433. The molecule has 3 nitrogen and oxygen atoms in total. The zero-order chi connectivity index (χ0) is 18.4. The highest BCUT2D eigenvalue weighted by molar-refractivity contribution is 7.99. The molecule has 6 heteroatoms. The molecule has 1 N–H and O–H groups in total. The molecule has 138 valence electrons. The number of amides is 1. The van der Waals surface area contributed by atoms with Crippen LogP contribution in [0.4, 0.5) is 0 Å². The van der Waals surface area contributed by atoms with Gasteiger partial charge in [-0.15, -0.1) is 0 Å². The molecule has 1 aliphatic heterocycles. The molecule has 26 heavy (non-hydrogen) atoms. The van der Waals surface area contributed by atoms with Crippen LogP contribution >= 0.6 is 35.0 Å². The third-order valence-corrected chi connectivity index (χ3v) is 6.43. The Morgan fingerprint density at radius 2 is 1.73 bits per heavy atom. The van der Waals surface area contributed by atoms with Crippen LogP contribution in [0.15, 0.2) is 42.5 Å². The Kier molecular flexibility index (Phi) is 7.26. The van der Waals surface area contributed by atoms with Gasteiger partial charge in [-0.2, -0.15) is 11.8 Å². The van der Waals surface area contributed by atoms with E-state index >= 15 is 0 Å². The SMILES string of the molecule is O=C(NCCSC1CCOCC1)c1ccc(-c2ccc(Cl)c(Cl)c2)cc1. The molecule has 1 fully saturated rings. The van der Waals surface area contributed by atoms with Gasteiger partial charge in [0, 0.05) is 36.3 Å². The van der Waals surface area contributed by atoms with E-state index in [9.17, 15) is 4.79 Å². The largest absolute Gasteiger partial charge is 0.381 e. The summed E-state index contributed by atoms with van der Waals surface area (Å²) in [5, 5.41) is 4.70. The van der Waals surface area contributed by atoms with Gasteiger partial charge in [0.05, 0.1) is 10.0 Å². The Balaban J connectivity index is 1.49. The van der Waals surface area contributed by atoms with Crippen molar-refractivity contribution in [2.75, 3.05) is 25.5 Å². The standard InChI is InChI=1S/C20H21Cl2NO2S/c21-18-6-5-16(13-19(18)22)14-1-3-15(4-2-14)20(24)23-9-12-26-17-7-10-25-11-8-17/h1-6,13,17H,7-12H2,(H,23,24). The molecule has 1 heterocycles. The van der Waals surface area contributed by atoms with E-state index < -0.39 is 0 Å². The van der Waals surface area contributed by atoms with Gasteiger partial charge < -0.3 is 10.1 Å². The number of carbonyl (C=O) groups is 1. The first-order valence-electron chi connectivity index (χ1n) is 8.66. The van der Waals surface area contributed by atoms with Crippen molar-refractivity contribution in [3.63, 3.8) is 0 Å². The Bertz CT molecular complexity index is 746. The number of benzene rings is 2. The number of nitrogens with one attached hydrogen (secondary N) is 1. The molecule has 0 spiro atoms. The summed E-state index contributed by atoms with van der Waals surface area (Å²) in [5.41, 5.74) is 2.62. The lowest BCUT2D eigenvalue weighted by molar-refractivity contribution is 0.0955. The number of thioether (sulfide) groups is 1. The zero-order valence-electron chi connectivity index (χ0n) is 14.3. The average Bonchev–Trinajstić information content (AvgIpc) is 2.68. The molecule has 3 rings (SSSR count). The number of halogens is 2. The van der Waals surface area contributed by atoms with E-state index in [0.29, 0.717) is 27.4 Å². The van der Waals surface area contributed by atoms with E-state index in [1.165, 1.54) is 0 Å². The molecular weight excluding hydrogens is 389 g/mol. The third-order valence-electron chi connectivity index (χ3n) is 4.31. The Hall–Kier alpha value is -1.20. The lowest BCUT2D eigenvalue weighted by atomic mass is 10.0. The second kappa shape index (κ2) is 9.65. The third kappa shape index (κ3) is 5.40. The van der Waals surface area contributed by atoms with Gasteiger partial charge in [-0.05, 0) is 48.2 Å². The molecule has 1 aliphatic rings. The first-order chi connectivity index (χ1) is 12.6. The summed E-state index contributed by atoms with van der Waals surface area (Å²) in [6.07, 6.45) is 2.21. The van der Waals surface area contributed by atoms with Crippen LogP contribution in [0.2, 0.25) is 10.0 Å². The van der Waals surface area contributed by atoms with Crippen molar-refractivity contribution in [1.82, 2.24) is 5.32 Å². The zero-order valence-corrected chi connectivity index (χ0v) is 16.7. The molecule has 0 unspecified atom stereocenters. The van der Waals surface area contributed by atoms with Crippen LogP contribution < -0.4 is 5.32 Å². The van der Waals surface area contributed by atoms with Crippen LogP contribution in [0.25, 0.3) is 11.1 Å². The molecule has 0 atom stereocenters. The quantitative estimate of drug-likeness (QED) is 0.657. The molecule has 0 saturated carbocycles. The summed E-state index contributed by atoms with van der Waals surface area (Å²) in [4.78, 5) is 12.3. The molecule has 0 aliphatic carbocycles. The number of hydrogen-bond acceptors (Lipinski definition) is 3. The van der Waals surface area contributed by atoms with Gasteiger partial charge in [-0.3, -0.25) is 4.79 Å². The van der Waals surface area contributed by atoms with E-state index in [1.807, 2.05) is 48.2 Å². The van der Waals surface area contributed by atoms with Crippen molar-refractivity contribution in [2.24, 2.45) is 0 Å². The highest BCUT2D eigenvalue weighted by atomic mass is 35.5. The number of rotatable bonds is 6. The molecule has 0 bridgehead atoms. The Morgan fingerprint density at radius 3 is 2.42 bits per heavy atom. The average molecular weight is 410 g/mol. The molecule has 0 radical (unpaired) electrons. The summed E-state index contributed by atoms with van der Waals surface area (Å²) in [6.45, 7) is 2.39. The summed E-state index contributed by atoms with van der Waals surface area (Å²) < 4.78 is 5.36. The van der Waals surface area contributed by atoms with Gasteiger partial charge in [0.25, 0.3) is 5.91 Å². The highest BCUT2D eigenvalue weighted by Gasteiger charge is 2.14. The topological polar surface area (TPSA) is 38.3 Å². The molecule has 0 aromatic heterocycles. The smallest absolute Gasteiger partial charge is 0.251 e. The van der Waals surface area contributed by atoms with Gasteiger partial charge in [0.2, 0.25) is 0 Å². The maximum atomic E-state index is 12.3. The maximum Gasteiger partial charge on any atom is 0.251 e. The predicted octanol–water partition coefficient (Wildman–Crippen LogP) is 5.30. The maximum absolute atomic E-state index is 12.3. The van der Waals surface area contributed by atoms with Crippen LogP contribution in [0, 0.1) is 0 Å². The van der Waals surface area contributed by atoms with E-state index in [0.717, 1.165) is 42.9 Å². The van der Waals surface area contributed by atoms with Crippen LogP contribution in [-0.4, -0.2) is 36.7 Å². The summed E-state index contributed by atoms with van der Waals surface area (Å²) in [5.74, 6) is 0.885. The van der Waals surface area contributed by atoms with Gasteiger partial charge in [0.15, 0.2) is 0 Å². The highest BCUT2D eigenvalue weighted by Crippen LogP contribution is 2.28. The molecular formula is C20H21Cl2NO2S. The molecule has 1 amide bonds. The van der Waals surface area contributed by atoms with E-state index in [2.05, 4.69) is 5.32 Å². The fourth-order valence-corrected chi connectivity index (χ4v) is 4.20. The minimum Gasteiger partial charge on any atom is -0.381 e. The molecule has 2 aromatic rings. The lowest BCUT2D eigenvalue weighted by Crippen LogP contribution is -2.27.